The molecule has 1 amide bonds. The number of carbonyl (C=O) groups excluding carboxylic acids is 1. The fourth-order valence-electron chi connectivity index (χ4n) is 2.08. The Kier molecular flexibility index (Phi) is 3.14. The van der Waals surface area contributed by atoms with Crippen molar-refractivity contribution in [2.24, 2.45) is 11.8 Å². The van der Waals surface area contributed by atoms with E-state index >= 15 is 0 Å². The number of carbonyl (C=O) groups is 2. The maximum absolute atomic E-state index is 12.0. The van der Waals surface area contributed by atoms with Gasteiger partial charge in [0.15, 0.2) is 0 Å². The summed E-state index contributed by atoms with van der Waals surface area (Å²) < 4.78 is 0. The molecule has 1 fully saturated rings. The summed E-state index contributed by atoms with van der Waals surface area (Å²) in [7, 11) is 0. The third-order valence-electron chi connectivity index (χ3n) is 3.11. The Hall–Kier alpha value is -2.18. The standard InChI is InChI=1S/C11H13N3O4/c1-6-4-14(5-7(6)11(17)18)10(16)8-2-13-9(15)3-12-8/h2-3,6-7H,4-5H2,1H3,(H,13,15)(H,17,18)/t6-,7-/m1/s1. The molecule has 0 radical (unpaired) electrons. The molecule has 0 aromatic carbocycles. The predicted molar refractivity (Wildman–Crippen MR) is 61.1 cm³/mol. The highest BCUT2D eigenvalue weighted by Crippen LogP contribution is 2.24. The summed E-state index contributed by atoms with van der Waals surface area (Å²) in [5, 5.41) is 8.99. The number of aromatic amines is 1. The van der Waals surface area contributed by atoms with Gasteiger partial charge in [0.2, 0.25) is 0 Å². The molecule has 7 heteroatoms. The van der Waals surface area contributed by atoms with Gasteiger partial charge >= 0.3 is 5.97 Å². The summed E-state index contributed by atoms with van der Waals surface area (Å²) in [5.41, 5.74) is -0.266. The molecular weight excluding hydrogens is 238 g/mol. The maximum atomic E-state index is 12.0. The number of aliphatic carboxylic acids is 1. The minimum Gasteiger partial charge on any atom is -0.481 e. The number of nitrogens with zero attached hydrogens (tertiary/aromatic N) is 2. The number of rotatable bonds is 2. The number of aromatic nitrogens is 2. The second-order valence-electron chi connectivity index (χ2n) is 4.43. The molecule has 2 rings (SSSR count). The Labute approximate surface area is 102 Å². The molecule has 0 aliphatic carbocycles. The minimum atomic E-state index is -0.896. The van der Waals surface area contributed by atoms with Crippen molar-refractivity contribution >= 4 is 11.9 Å². The van der Waals surface area contributed by atoms with Crippen molar-refractivity contribution in [1.82, 2.24) is 14.9 Å². The highest BCUT2D eigenvalue weighted by atomic mass is 16.4. The van der Waals surface area contributed by atoms with E-state index in [1.807, 2.05) is 0 Å². The lowest BCUT2D eigenvalue weighted by molar-refractivity contribution is -0.142. The monoisotopic (exact) mass is 251 g/mol. The molecule has 7 nitrogen and oxygen atoms in total. The Morgan fingerprint density at radius 1 is 1.50 bits per heavy atom. The van der Waals surface area contributed by atoms with Crippen molar-refractivity contribution < 1.29 is 14.7 Å². The van der Waals surface area contributed by atoms with Crippen molar-refractivity contribution in [3.8, 4) is 0 Å². The van der Waals surface area contributed by atoms with Crippen LogP contribution in [0.15, 0.2) is 17.2 Å². The van der Waals surface area contributed by atoms with Gasteiger partial charge in [0, 0.05) is 19.3 Å². The van der Waals surface area contributed by atoms with E-state index in [1.165, 1.54) is 11.1 Å². The molecule has 2 atom stereocenters. The Morgan fingerprint density at radius 3 is 2.72 bits per heavy atom. The average molecular weight is 251 g/mol. The molecule has 2 N–H and O–H groups in total. The third-order valence-corrected chi connectivity index (χ3v) is 3.11. The molecule has 1 saturated heterocycles. The second kappa shape index (κ2) is 4.59. The fraction of sp³-hybridized carbons (Fsp3) is 0.455. The van der Waals surface area contributed by atoms with Gasteiger partial charge < -0.3 is 15.0 Å². The van der Waals surface area contributed by atoms with Crippen LogP contribution in [0.25, 0.3) is 0 Å². The Morgan fingerprint density at radius 2 is 2.22 bits per heavy atom. The molecule has 1 aromatic heterocycles. The van der Waals surface area contributed by atoms with Crippen LogP contribution in [0, 0.1) is 11.8 Å². The number of hydrogen-bond acceptors (Lipinski definition) is 4. The fourth-order valence-corrected chi connectivity index (χ4v) is 2.08. The number of carboxylic acids is 1. The molecule has 0 unspecified atom stereocenters. The van der Waals surface area contributed by atoms with Crippen LogP contribution in [0.1, 0.15) is 17.4 Å². The van der Waals surface area contributed by atoms with Crippen LogP contribution in [-0.2, 0) is 4.79 Å². The van der Waals surface area contributed by atoms with Crippen LogP contribution in [0.4, 0.5) is 0 Å². The maximum Gasteiger partial charge on any atom is 0.308 e. The number of nitrogens with one attached hydrogen (secondary N) is 1. The zero-order chi connectivity index (χ0) is 13.3. The number of H-pyrrole nitrogens is 1. The van der Waals surface area contributed by atoms with Crippen LogP contribution in [-0.4, -0.2) is 44.9 Å². The highest BCUT2D eigenvalue weighted by Gasteiger charge is 2.37. The summed E-state index contributed by atoms with van der Waals surface area (Å²) in [6.45, 7) is 2.36. The van der Waals surface area contributed by atoms with Gasteiger partial charge in [-0.3, -0.25) is 14.4 Å². The van der Waals surface area contributed by atoms with Gasteiger partial charge in [-0.15, -0.1) is 0 Å². The van der Waals surface area contributed by atoms with E-state index in [2.05, 4.69) is 9.97 Å². The summed E-state index contributed by atoms with van der Waals surface area (Å²) in [6, 6.07) is 0. The van der Waals surface area contributed by atoms with Crippen molar-refractivity contribution in [1.29, 1.82) is 0 Å². The number of amides is 1. The van der Waals surface area contributed by atoms with Crippen molar-refractivity contribution in [2.75, 3.05) is 13.1 Å². The largest absolute Gasteiger partial charge is 0.481 e. The van der Waals surface area contributed by atoms with Crippen LogP contribution in [0.3, 0.4) is 0 Å². The van der Waals surface area contributed by atoms with E-state index in [0.29, 0.717) is 6.54 Å². The van der Waals surface area contributed by atoms with Gasteiger partial charge in [-0.05, 0) is 5.92 Å². The molecular formula is C11H13N3O4. The molecule has 1 aliphatic rings. The van der Waals surface area contributed by atoms with E-state index in [-0.39, 0.29) is 29.6 Å². The smallest absolute Gasteiger partial charge is 0.308 e. The summed E-state index contributed by atoms with van der Waals surface area (Å²) in [5.74, 6) is -1.89. The summed E-state index contributed by atoms with van der Waals surface area (Å²) >= 11 is 0. The van der Waals surface area contributed by atoms with E-state index in [1.54, 1.807) is 6.92 Å². The van der Waals surface area contributed by atoms with E-state index in [9.17, 15) is 14.4 Å². The van der Waals surface area contributed by atoms with Crippen LogP contribution in [0.5, 0.6) is 0 Å². The molecule has 96 valence electrons. The lowest BCUT2D eigenvalue weighted by Gasteiger charge is -2.14. The predicted octanol–water partition coefficient (Wildman–Crippen LogP) is -0.437. The van der Waals surface area contributed by atoms with Crippen LogP contribution < -0.4 is 5.56 Å². The van der Waals surface area contributed by atoms with E-state index in [0.717, 1.165) is 6.20 Å². The van der Waals surface area contributed by atoms with E-state index < -0.39 is 11.9 Å². The topological polar surface area (TPSA) is 103 Å². The molecule has 0 bridgehead atoms. The quantitative estimate of drug-likeness (QED) is 0.741. The first-order valence-electron chi connectivity index (χ1n) is 5.56. The van der Waals surface area contributed by atoms with Gasteiger partial charge in [-0.2, -0.15) is 0 Å². The van der Waals surface area contributed by atoms with Gasteiger partial charge in [-0.1, -0.05) is 6.92 Å². The van der Waals surface area contributed by atoms with Gasteiger partial charge in [-0.25, -0.2) is 4.98 Å². The van der Waals surface area contributed by atoms with Crippen LogP contribution >= 0.6 is 0 Å². The Bertz CT molecular complexity index is 519. The molecule has 18 heavy (non-hydrogen) atoms. The zero-order valence-electron chi connectivity index (χ0n) is 9.79. The van der Waals surface area contributed by atoms with Gasteiger partial charge in [0.1, 0.15) is 5.69 Å². The van der Waals surface area contributed by atoms with E-state index in [4.69, 9.17) is 5.11 Å². The van der Waals surface area contributed by atoms with Crippen molar-refractivity contribution in [3.63, 3.8) is 0 Å². The first-order chi connectivity index (χ1) is 8.49. The lowest BCUT2D eigenvalue weighted by Crippen LogP contribution is -2.31. The van der Waals surface area contributed by atoms with Crippen molar-refractivity contribution in [2.45, 2.75) is 6.92 Å². The first kappa shape index (κ1) is 12.3. The molecule has 1 aromatic rings. The van der Waals surface area contributed by atoms with Gasteiger partial charge in [0.25, 0.3) is 11.5 Å². The zero-order valence-corrected chi connectivity index (χ0v) is 9.79. The number of carboxylic acid groups (broad SMARTS) is 1. The summed E-state index contributed by atoms with van der Waals surface area (Å²) in [4.78, 5) is 41.4. The highest BCUT2D eigenvalue weighted by molar-refractivity contribution is 5.92. The lowest BCUT2D eigenvalue weighted by atomic mass is 9.99. The SMILES string of the molecule is C[C@@H]1CN(C(=O)c2c[nH]c(=O)cn2)C[C@H]1C(=O)O. The van der Waals surface area contributed by atoms with Crippen LogP contribution in [0.2, 0.25) is 0 Å². The van der Waals surface area contributed by atoms with Crippen molar-refractivity contribution in [3.05, 3.63) is 28.4 Å². The first-order valence-corrected chi connectivity index (χ1v) is 5.56. The summed E-state index contributed by atoms with van der Waals surface area (Å²) in [6.07, 6.45) is 2.27. The average Bonchev–Trinajstić information content (AvgIpc) is 2.71. The molecule has 2 heterocycles. The third kappa shape index (κ3) is 2.24. The Balaban J connectivity index is 2.14. The molecule has 1 aliphatic heterocycles. The minimum absolute atomic E-state index is 0.0887. The normalized spacial score (nSPS) is 23.1. The molecule has 0 spiro atoms. The molecule has 0 saturated carbocycles. The number of likely N-dealkylation sites (tertiary alicyclic amines) is 1. The number of hydrogen-bond donors (Lipinski definition) is 2. The second-order valence-corrected chi connectivity index (χ2v) is 4.43. The van der Waals surface area contributed by atoms with Gasteiger partial charge in [0.05, 0.1) is 12.1 Å².